The third-order valence-corrected chi connectivity index (χ3v) is 3.32. The molecular weight excluding hydrogens is 160 g/mol. The SMILES string of the molecule is CC(C)C1CCCC(N)(C#N)CC1. The van der Waals surface area contributed by atoms with Crippen molar-refractivity contribution >= 4 is 0 Å². The van der Waals surface area contributed by atoms with E-state index in [1.54, 1.807) is 0 Å². The number of nitrogens with zero attached hydrogens (tertiary/aromatic N) is 1. The van der Waals surface area contributed by atoms with Crippen molar-refractivity contribution in [2.75, 3.05) is 0 Å². The third-order valence-electron chi connectivity index (χ3n) is 3.32. The van der Waals surface area contributed by atoms with Crippen molar-refractivity contribution < 1.29 is 0 Å². The molecule has 2 nitrogen and oxygen atoms in total. The fraction of sp³-hybridized carbons (Fsp3) is 0.909. The Labute approximate surface area is 81.1 Å². The molecule has 2 unspecified atom stereocenters. The van der Waals surface area contributed by atoms with E-state index in [0.717, 1.165) is 37.5 Å². The van der Waals surface area contributed by atoms with Gasteiger partial charge in [-0.2, -0.15) is 5.26 Å². The van der Waals surface area contributed by atoms with Crippen LogP contribution in [0.2, 0.25) is 0 Å². The predicted octanol–water partition coefficient (Wildman–Crippen LogP) is 2.44. The van der Waals surface area contributed by atoms with Crippen molar-refractivity contribution in [2.45, 2.75) is 51.5 Å². The molecule has 0 radical (unpaired) electrons. The van der Waals surface area contributed by atoms with Crippen LogP contribution in [0.3, 0.4) is 0 Å². The molecule has 1 saturated carbocycles. The van der Waals surface area contributed by atoms with Gasteiger partial charge in [0.15, 0.2) is 0 Å². The Bertz CT molecular complexity index is 205. The lowest BCUT2D eigenvalue weighted by atomic mass is 9.87. The minimum absolute atomic E-state index is 0.524. The van der Waals surface area contributed by atoms with Crippen LogP contribution in [-0.2, 0) is 0 Å². The Morgan fingerprint density at radius 2 is 2.08 bits per heavy atom. The van der Waals surface area contributed by atoms with Crippen LogP contribution in [-0.4, -0.2) is 5.54 Å². The maximum atomic E-state index is 8.93. The van der Waals surface area contributed by atoms with Gasteiger partial charge in [0.1, 0.15) is 5.54 Å². The molecule has 0 amide bonds. The van der Waals surface area contributed by atoms with Gasteiger partial charge in [-0.1, -0.05) is 26.7 Å². The molecule has 2 atom stereocenters. The largest absolute Gasteiger partial charge is 0.313 e. The molecule has 1 aliphatic rings. The van der Waals surface area contributed by atoms with Gasteiger partial charge in [-0.05, 0) is 31.1 Å². The zero-order valence-electron chi connectivity index (χ0n) is 8.71. The number of hydrogen-bond donors (Lipinski definition) is 1. The van der Waals surface area contributed by atoms with Crippen LogP contribution < -0.4 is 5.73 Å². The molecule has 0 spiro atoms. The summed E-state index contributed by atoms with van der Waals surface area (Å²) >= 11 is 0. The molecule has 0 aromatic rings. The zero-order valence-corrected chi connectivity index (χ0v) is 8.71. The van der Waals surface area contributed by atoms with E-state index in [2.05, 4.69) is 19.9 Å². The lowest BCUT2D eigenvalue weighted by Gasteiger charge is -2.20. The van der Waals surface area contributed by atoms with E-state index in [9.17, 15) is 0 Å². The Hall–Kier alpha value is -0.550. The van der Waals surface area contributed by atoms with Crippen molar-refractivity contribution in [3.8, 4) is 6.07 Å². The first-order valence-corrected chi connectivity index (χ1v) is 5.27. The standard InChI is InChI=1S/C11H20N2/c1-9(2)10-4-3-6-11(13,8-12)7-5-10/h9-10H,3-7,13H2,1-2H3. The molecule has 2 N–H and O–H groups in total. The van der Waals surface area contributed by atoms with E-state index in [0.29, 0.717) is 0 Å². The van der Waals surface area contributed by atoms with E-state index < -0.39 is 5.54 Å². The van der Waals surface area contributed by atoms with Crippen molar-refractivity contribution in [1.29, 1.82) is 5.26 Å². The molecule has 0 heterocycles. The molecule has 13 heavy (non-hydrogen) atoms. The molecule has 74 valence electrons. The van der Waals surface area contributed by atoms with E-state index in [4.69, 9.17) is 11.0 Å². The predicted molar refractivity (Wildman–Crippen MR) is 53.9 cm³/mol. The zero-order chi connectivity index (χ0) is 9.90. The normalized spacial score (nSPS) is 35.5. The van der Waals surface area contributed by atoms with Crippen LogP contribution in [0.15, 0.2) is 0 Å². The van der Waals surface area contributed by atoms with Crippen LogP contribution >= 0.6 is 0 Å². The topological polar surface area (TPSA) is 49.8 Å². The first kappa shape index (κ1) is 10.5. The highest BCUT2D eigenvalue weighted by Gasteiger charge is 2.29. The highest BCUT2D eigenvalue weighted by Crippen LogP contribution is 2.32. The van der Waals surface area contributed by atoms with E-state index in [1.807, 2.05) is 0 Å². The first-order valence-electron chi connectivity index (χ1n) is 5.27. The molecule has 0 saturated heterocycles. The minimum atomic E-state index is -0.524. The fourth-order valence-corrected chi connectivity index (χ4v) is 2.17. The second-order valence-corrected chi connectivity index (χ2v) is 4.70. The summed E-state index contributed by atoms with van der Waals surface area (Å²) in [6, 6.07) is 2.26. The fourth-order valence-electron chi connectivity index (χ4n) is 2.17. The smallest absolute Gasteiger partial charge is 0.104 e. The summed E-state index contributed by atoms with van der Waals surface area (Å²) in [4.78, 5) is 0. The van der Waals surface area contributed by atoms with E-state index in [-0.39, 0.29) is 0 Å². The monoisotopic (exact) mass is 180 g/mol. The van der Waals surface area contributed by atoms with Gasteiger partial charge < -0.3 is 5.73 Å². The average Bonchev–Trinajstić information content (AvgIpc) is 2.28. The van der Waals surface area contributed by atoms with Crippen LogP contribution in [0.25, 0.3) is 0 Å². The van der Waals surface area contributed by atoms with Gasteiger partial charge in [-0.3, -0.25) is 0 Å². The molecule has 1 rings (SSSR count). The van der Waals surface area contributed by atoms with Crippen LogP contribution in [0.1, 0.15) is 46.0 Å². The number of hydrogen-bond acceptors (Lipinski definition) is 2. The highest BCUT2D eigenvalue weighted by molar-refractivity contribution is 5.05. The summed E-state index contributed by atoms with van der Waals surface area (Å²) < 4.78 is 0. The van der Waals surface area contributed by atoms with Crippen LogP contribution in [0, 0.1) is 23.2 Å². The quantitative estimate of drug-likeness (QED) is 0.630. The summed E-state index contributed by atoms with van der Waals surface area (Å²) in [5.41, 5.74) is 5.44. The molecule has 1 aliphatic carbocycles. The lowest BCUT2D eigenvalue weighted by Crippen LogP contribution is -2.37. The lowest BCUT2D eigenvalue weighted by molar-refractivity contribution is 0.337. The summed E-state index contributed by atoms with van der Waals surface area (Å²) in [5, 5.41) is 8.93. The van der Waals surface area contributed by atoms with Crippen LogP contribution in [0.4, 0.5) is 0 Å². The van der Waals surface area contributed by atoms with Gasteiger partial charge in [-0.25, -0.2) is 0 Å². The van der Waals surface area contributed by atoms with Gasteiger partial charge in [-0.15, -0.1) is 0 Å². The number of nitriles is 1. The van der Waals surface area contributed by atoms with Gasteiger partial charge in [0.05, 0.1) is 6.07 Å². The summed E-state index contributed by atoms with van der Waals surface area (Å²) in [6.45, 7) is 4.53. The maximum absolute atomic E-state index is 8.93. The second-order valence-electron chi connectivity index (χ2n) is 4.70. The Morgan fingerprint density at radius 3 is 2.62 bits per heavy atom. The Morgan fingerprint density at radius 1 is 1.38 bits per heavy atom. The first-order chi connectivity index (χ1) is 6.07. The van der Waals surface area contributed by atoms with Gasteiger partial charge in [0.25, 0.3) is 0 Å². The average molecular weight is 180 g/mol. The van der Waals surface area contributed by atoms with Crippen LogP contribution in [0.5, 0.6) is 0 Å². The third kappa shape index (κ3) is 2.70. The second kappa shape index (κ2) is 4.11. The number of nitrogens with two attached hydrogens (primary N) is 1. The Balaban J connectivity index is 2.55. The summed E-state index contributed by atoms with van der Waals surface area (Å²) in [5.74, 6) is 1.51. The molecule has 2 heteroatoms. The van der Waals surface area contributed by atoms with Crippen molar-refractivity contribution in [3.63, 3.8) is 0 Å². The van der Waals surface area contributed by atoms with Crippen molar-refractivity contribution in [2.24, 2.45) is 17.6 Å². The minimum Gasteiger partial charge on any atom is -0.313 e. The van der Waals surface area contributed by atoms with E-state index in [1.165, 1.54) is 6.42 Å². The summed E-state index contributed by atoms with van der Waals surface area (Å²) in [7, 11) is 0. The Kier molecular flexibility index (Phi) is 3.33. The van der Waals surface area contributed by atoms with Gasteiger partial charge in [0.2, 0.25) is 0 Å². The van der Waals surface area contributed by atoms with Crippen molar-refractivity contribution in [3.05, 3.63) is 0 Å². The molecule has 0 bridgehead atoms. The maximum Gasteiger partial charge on any atom is 0.104 e. The molecule has 0 aromatic carbocycles. The molecule has 0 aromatic heterocycles. The molecular formula is C11H20N2. The van der Waals surface area contributed by atoms with Crippen molar-refractivity contribution in [1.82, 2.24) is 0 Å². The molecule has 1 fully saturated rings. The van der Waals surface area contributed by atoms with Gasteiger partial charge in [0, 0.05) is 0 Å². The highest BCUT2D eigenvalue weighted by atomic mass is 14.7. The number of rotatable bonds is 1. The van der Waals surface area contributed by atoms with Gasteiger partial charge >= 0.3 is 0 Å². The van der Waals surface area contributed by atoms with E-state index >= 15 is 0 Å². The summed E-state index contributed by atoms with van der Waals surface area (Å²) in [6.07, 6.45) is 5.26. The molecule has 0 aliphatic heterocycles.